The Labute approximate surface area is 106 Å². The fourth-order valence-corrected chi connectivity index (χ4v) is 1.28. The Hall–Kier alpha value is -1.89. The largest absolute Gasteiger partial charge is 0.459 e. The standard InChI is InChI=1S/C14H16FNO2/c1-10(2)11(3)18-13(17)14(15,9-16)12-7-5-4-6-8-12/h4-8,10-11H,1-3H3/t11?,14-/m1/s1. The van der Waals surface area contributed by atoms with E-state index in [1.807, 2.05) is 13.8 Å². The van der Waals surface area contributed by atoms with E-state index in [2.05, 4.69) is 0 Å². The van der Waals surface area contributed by atoms with Gasteiger partial charge in [0.1, 0.15) is 12.2 Å². The van der Waals surface area contributed by atoms with Crippen molar-refractivity contribution in [3.05, 3.63) is 35.9 Å². The fourth-order valence-electron chi connectivity index (χ4n) is 1.28. The van der Waals surface area contributed by atoms with E-state index in [0.29, 0.717) is 0 Å². The third-order valence-electron chi connectivity index (χ3n) is 2.84. The van der Waals surface area contributed by atoms with E-state index in [9.17, 15) is 9.18 Å². The molecule has 0 saturated carbocycles. The maximum absolute atomic E-state index is 14.4. The van der Waals surface area contributed by atoms with E-state index >= 15 is 0 Å². The lowest BCUT2D eigenvalue weighted by Crippen LogP contribution is -2.35. The summed E-state index contributed by atoms with van der Waals surface area (Å²) in [6.07, 6.45) is -0.440. The van der Waals surface area contributed by atoms with Crippen LogP contribution in [-0.4, -0.2) is 12.1 Å². The summed E-state index contributed by atoms with van der Waals surface area (Å²) in [4.78, 5) is 11.8. The number of hydrogen-bond donors (Lipinski definition) is 0. The number of nitriles is 1. The van der Waals surface area contributed by atoms with Gasteiger partial charge in [-0.2, -0.15) is 5.26 Å². The number of halogens is 1. The Morgan fingerprint density at radius 3 is 2.33 bits per heavy atom. The smallest absolute Gasteiger partial charge is 0.364 e. The SMILES string of the molecule is CC(C)C(C)OC(=O)[C@@](F)(C#N)c1ccccc1. The molecule has 0 spiro atoms. The Balaban J connectivity index is 2.97. The lowest BCUT2D eigenvalue weighted by molar-refractivity contribution is -0.161. The molecule has 0 amide bonds. The topological polar surface area (TPSA) is 50.1 Å². The lowest BCUT2D eigenvalue weighted by atomic mass is 9.97. The number of ether oxygens (including phenoxy) is 1. The summed E-state index contributed by atoms with van der Waals surface area (Å²) in [5, 5.41) is 8.93. The van der Waals surface area contributed by atoms with Crippen LogP contribution in [0.3, 0.4) is 0 Å². The molecule has 0 N–H and O–H groups in total. The number of rotatable bonds is 4. The molecule has 0 bridgehead atoms. The van der Waals surface area contributed by atoms with Gasteiger partial charge in [0.15, 0.2) is 0 Å². The average molecular weight is 249 g/mol. The van der Waals surface area contributed by atoms with Gasteiger partial charge >= 0.3 is 11.6 Å². The third-order valence-corrected chi connectivity index (χ3v) is 2.84. The molecule has 0 aliphatic carbocycles. The monoisotopic (exact) mass is 249 g/mol. The van der Waals surface area contributed by atoms with Crippen LogP contribution in [0.5, 0.6) is 0 Å². The normalized spacial score (nSPS) is 15.6. The van der Waals surface area contributed by atoms with E-state index in [-0.39, 0.29) is 11.5 Å². The molecule has 3 nitrogen and oxygen atoms in total. The van der Waals surface area contributed by atoms with Crippen LogP contribution in [0.2, 0.25) is 0 Å². The minimum Gasteiger partial charge on any atom is -0.459 e. The van der Waals surface area contributed by atoms with Crippen molar-refractivity contribution in [3.63, 3.8) is 0 Å². The minimum atomic E-state index is -2.75. The number of carbonyl (C=O) groups excluding carboxylic acids is 1. The summed E-state index contributed by atoms with van der Waals surface area (Å²) in [6, 6.07) is 9.01. The van der Waals surface area contributed by atoms with Crippen molar-refractivity contribution in [3.8, 4) is 6.07 Å². The average Bonchev–Trinajstić information content (AvgIpc) is 2.38. The number of esters is 1. The maximum atomic E-state index is 14.4. The molecule has 1 unspecified atom stereocenters. The van der Waals surface area contributed by atoms with Crippen molar-refractivity contribution >= 4 is 5.97 Å². The second-order valence-corrected chi connectivity index (χ2v) is 4.49. The van der Waals surface area contributed by atoms with Gasteiger partial charge in [0.25, 0.3) is 0 Å². The maximum Gasteiger partial charge on any atom is 0.364 e. The van der Waals surface area contributed by atoms with E-state index in [1.165, 1.54) is 18.2 Å². The molecule has 0 radical (unpaired) electrons. The quantitative estimate of drug-likeness (QED) is 0.771. The van der Waals surface area contributed by atoms with Gasteiger partial charge in [0, 0.05) is 5.56 Å². The van der Waals surface area contributed by atoms with Gasteiger partial charge in [0.05, 0.1) is 0 Å². The predicted octanol–water partition coefficient (Wildman–Crippen LogP) is 2.96. The van der Waals surface area contributed by atoms with E-state index in [4.69, 9.17) is 10.00 Å². The Kier molecular flexibility index (Phi) is 4.43. The first-order chi connectivity index (χ1) is 8.41. The van der Waals surface area contributed by atoms with Gasteiger partial charge in [-0.15, -0.1) is 0 Å². The van der Waals surface area contributed by atoms with Crippen molar-refractivity contribution in [1.29, 1.82) is 5.26 Å². The van der Waals surface area contributed by atoms with E-state index in [0.717, 1.165) is 0 Å². The number of alkyl halides is 1. The summed E-state index contributed by atoms with van der Waals surface area (Å²) < 4.78 is 19.4. The predicted molar refractivity (Wildman–Crippen MR) is 65.2 cm³/mol. The number of carbonyl (C=O) groups is 1. The van der Waals surface area contributed by atoms with Gasteiger partial charge in [-0.25, -0.2) is 9.18 Å². The molecule has 0 saturated heterocycles. The molecule has 1 aromatic carbocycles. The molecule has 96 valence electrons. The molecule has 0 fully saturated rings. The van der Waals surface area contributed by atoms with E-state index in [1.54, 1.807) is 25.1 Å². The summed E-state index contributed by atoms with van der Waals surface area (Å²) in [5.41, 5.74) is -2.75. The molecule has 18 heavy (non-hydrogen) atoms. The zero-order chi connectivity index (χ0) is 13.8. The highest BCUT2D eigenvalue weighted by Gasteiger charge is 2.43. The summed E-state index contributed by atoms with van der Waals surface area (Å²) >= 11 is 0. The minimum absolute atomic E-state index is 0.00606. The molecule has 0 aliphatic rings. The van der Waals surface area contributed by atoms with Crippen LogP contribution in [0, 0.1) is 17.2 Å². The van der Waals surface area contributed by atoms with Crippen LogP contribution < -0.4 is 0 Å². The van der Waals surface area contributed by atoms with Crippen molar-refractivity contribution in [2.75, 3.05) is 0 Å². The molecule has 1 rings (SSSR count). The zero-order valence-electron chi connectivity index (χ0n) is 10.7. The molecule has 0 heterocycles. The molecule has 2 atom stereocenters. The molecule has 0 aliphatic heterocycles. The first-order valence-corrected chi connectivity index (χ1v) is 5.78. The van der Waals surface area contributed by atoms with Gasteiger partial charge in [-0.1, -0.05) is 44.2 Å². The van der Waals surface area contributed by atoms with Gasteiger partial charge < -0.3 is 4.74 Å². The Morgan fingerprint density at radius 1 is 1.33 bits per heavy atom. The molecular formula is C14H16FNO2. The second-order valence-electron chi connectivity index (χ2n) is 4.49. The first kappa shape index (κ1) is 14.2. The summed E-state index contributed by atoms with van der Waals surface area (Å²) in [5.74, 6) is -1.09. The van der Waals surface area contributed by atoms with Gasteiger partial charge in [0.2, 0.25) is 0 Å². The lowest BCUT2D eigenvalue weighted by Gasteiger charge is -2.22. The van der Waals surface area contributed by atoms with Gasteiger partial charge in [-0.05, 0) is 12.8 Å². The summed E-state index contributed by atoms with van der Waals surface area (Å²) in [7, 11) is 0. The van der Waals surface area contributed by atoms with Crippen LogP contribution in [0.4, 0.5) is 4.39 Å². The number of benzene rings is 1. The fraction of sp³-hybridized carbons (Fsp3) is 0.429. The number of hydrogen-bond acceptors (Lipinski definition) is 3. The van der Waals surface area contributed by atoms with Crippen molar-refractivity contribution in [1.82, 2.24) is 0 Å². The third kappa shape index (κ3) is 2.86. The van der Waals surface area contributed by atoms with Crippen LogP contribution in [-0.2, 0) is 15.2 Å². The van der Waals surface area contributed by atoms with Crippen LogP contribution in [0.1, 0.15) is 26.3 Å². The van der Waals surface area contributed by atoms with Crippen molar-refractivity contribution in [2.24, 2.45) is 5.92 Å². The molecule has 4 heteroatoms. The number of nitrogens with zero attached hydrogens (tertiary/aromatic N) is 1. The first-order valence-electron chi connectivity index (χ1n) is 5.78. The molecule has 0 aromatic heterocycles. The van der Waals surface area contributed by atoms with Crippen LogP contribution in [0.25, 0.3) is 0 Å². The van der Waals surface area contributed by atoms with E-state index < -0.39 is 17.7 Å². The molecule has 1 aromatic rings. The van der Waals surface area contributed by atoms with Crippen molar-refractivity contribution in [2.45, 2.75) is 32.5 Å². The highest BCUT2D eigenvalue weighted by atomic mass is 19.1. The zero-order valence-corrected chi connectivity index (χ0v) is 10.7. The summed E-state index contributed by atoms with van der Waals surface area (Å²) in [6.45, 7) is 5.38. The van der Waals surface area contributed by atoms with Crippen LogP contribution >= 0.6 is 0 Å². The van der Waals surface area contributed by atoms with Crippen molar-refractivity contribution < 1.29 is 13.9 Å². The second kappa shape index (κ2) is 5.63. The Morgan fingerprint density at radius 2 is 1.89 bits per heavy atom. The Bertz CT molecular complexity index is 453. The molecular weight excluding hydrogens is 233 g/mol. The van der Waals surface area contributed by atoms with Gasteiger partial charge in [-0.3, -0.25) is 0 Å². The van der Waals surface area contributed by atoms with Crippen LogP contribution in [0.15, 0.2) is 30.3 Å². The highest BCUT2D eigenvalue weighted by molar-refractivity contribution is 5.84. The highest BCUT2D eigenvalue weighted by Crippen LogP contribution is 2.28.